The minimum Gasteiger partial charge on any atom is -0.496 e. The van der Waals surface area contributed by atoms with Crippen LogP contribution in [0.3, 0.4) is 0 Å². The van der Waals surface area contributed by atoms with Gasteiger partial charge in [0.1, 0.15) is 24.0 Å². The molecule has 244 valence electrons. The number of rotatable bonds is 11. The van der Waals surface area contributed by atoms with Gasteiger partial charge >= 0.3 is 6.09 Å². The van der Waals surface area contributed by atoms with Crippen LogP contribution in [0.25, 0.3) is 11.1 Å². The highest BCUT2D eigenvalue weighted by Crippen LogP contribution is 2.61. The summed E-state index contributed by atoms with van der Waals surface area (Å²) in [7, 11) is 6.02. The van der Waals surface area contributed by atoms with Gasteiger partial charge in [-0.3, -0.25) is 10.1 Å². The van der Waals surface area contributed by atoms with E-state index < -0.39 is 6.09 Å². The lowest BCUT2D eigenvalue weighted by molar-refractivity contribution is -0.943. The van der Waals surface area contributed by atoms with Gasteiger partial charge in [-0.25, -0.2) is 4.79 Å². The van der Waals surface area contributed by atoms with Gasteiger partial charge in [-0.1, -0.05) is 54.1 Å². The number of unbranched alkanes of at least 4 members (excludes halogenated alkanes) is 1. The number of aliphatic hydroxyl groups excluding tert-OH is 1. The maximum Gasteiger partial charge on any atom is 0.411 e. The zero-order valence-electron chi connectivity index (χ0n) is 26.2. The average Bonchev–Trinajstić information content (AvgIpc) is 3.82. The van der Waals surface area contributed by atoms with E-state index in [0.29, 0.717) is 46.6 Å². The van der Waals surface area contributed by atoms with Gasteiger partial charge < -0.3 is 29.1 Å². The van der Waals surface area contributed by atoms with Crippen LogP contribution in [0.5, 0.6) is 5.75 Å². The third-order valence-corrected chi connectivity index (χ3v) is 12.4. The fourth-order valence-electron chi connectivity index (χ4n) is 7.10. The number of halogens is 2. The molecular formula is C35H40ClIN3O6+. The highest BCUT2D eigenvalue weighted by molar-refractivity contribution is 14.1. The van der Waals surface area contributed by atoms with Crippen molar-refractivity contribution in [2.45, 2.75) is 73.0 Å². The van der Waals surface area contributed by atoms with Gasteiger partial charge in [-0.05, 0) is 65.1 Å². The molecule has 3 aromatic carbocycles. The molecule has 46 heavy (non-hydrogen) atoms. The Labute approximate surface area is 288 Å². The fraction of sp³-hybridized carbons (Fsp3) is 0.429. The highest BCUT2D eigenvalue weighted by atomic mass is 127. The number of fused-ring (bicyclic) bond motifs is 5. The molecule has 3 heterocycles. The topological polar surface area (TPSA) is 109 Å². The van der Waals surface area contributed by atoms with E-state index in [1.54, 1.807) is 12.1 Å². The molecule has 2 bridgehead atoms. The molecule has 3 fully saturated rings. The molecule has 0 saturated carbocycles. The molecular weight excluding hydrogens is 721 g/mol. The zero-order chi connectivity index (χ0) is 32.6. The second kappa shape index (κ2) is 13.3. The predicted octanol–water partition coefficient (Wildman–Crippen LogP) is 6.93. The first-order valence-corrected chi connectivity index (χ1v) is 17.1. The summed E-state index contributed by atoms with van der Waals surface area (Å²) in [4.78, 5) is 26.0. The first-order valence-electron chi connectivity index (χ1n) is 15.6. The van der Waals surface area contributed by atoms with Crippen LogP contribution >= 0.6 is 34.2 Å². The quantitative estimate of drug-likeness (QED) is 0.0489. The molecule has 5 atom stereocenters. The van der Waals surface area contributed by atoms with Gasteiger partial charge in [0.2, 0.25) is 5.91 Å². The van der Waals surface area contributed by atoms with Crippen LogP contribution in [0.2, 0.25) is 5.02 Å². The number of hydrogen-bond donors (Lipinski definition) is 3. The molecule has 0 aromatic heterocycles. The number of carbonyl (C=O) groups is 2. The van der Waals surface area contributed by atoms with Gasteiger partial charge in [0.25, 0.3) is 0 Å². The number of morpholine rings is 1. The van der Waals surface area contributed by atoms with Gasteiger partial charge in [-0.2, -0.15) is 0 Å². The molecule has 2 amide bonds. The van der Waals surface area contributed by atoms with Crippen LogP contribution in [0.1, 0.15) is 43.2 Å². The molecule has 9 nitrogen and oxygen atoms in total. The number of ether oxygens (including phenoxy) is 3. The average molecular weight is 761 g/mol. The summed E-state index contributed by atoms with van der Waals surface area (Å²) in [6, 6.07) is 19.6. The van der Waals surface area contributed by atoms with Crippen molar-refractivity contribution in [1.29, 1.82) is 0 Å². The van der Waals surface area contributed by atoms with Crippen LogP contribution in [0.15, 0.2) is 60.7 Å². The third-order valence-electron chi connectivity index (χ3n) is 9.76. The maximum atomic E-state index is 13.3. The van der Waals surface area contributed by atoms with Crippen molar-refractivity contribution in [3.8, 4) is 16.9 Å². The number of piperidine rings is 1. The number of carbonyl (C=O) groups excluding carboxylic acids is 2. The van der Waals surface area contributed by atoms with E-state index in [4.69, 9.17) is 25.8 Å². The summed E-state index contributed by atoms with van der Waals surface area (Å²) >= 11 is 8.83. The lowest BCUT2D eigenvalue weighted by Crippen LogP contribution is -2.65. The number of aliphatic hydroxyl groups is 1. The molecule has 0 radical (unpaired) electrons. The largest absolute Gasteiger partial charge is 0.496 e. The minimum atomic E-state index is -0.445. The van der Waals surface area contributed by atoms with Crippen LogP contribution in [-0.4, -0.2) is 70.7 Å². The number of anilines is 2. The molecule has 3 aliphatic rings. The Morgan fingerprint density at radius 1 is 1.09 bits per heavy atom. The summed E-state index contributed by atoms with van der Waals surface area (Å²) in [5, 5.41) is 15.7. The van der Waals surface area contributed by atoms with Crippen molar-refractivity contribution >= 4 is 57.6 Å². The Morgan fingerprint density at radius 3 is 2.59 bits per heavy atom. The van der Waals surface area contributed by atoms with Crippen LogP contribution in [0, 0.1) is 0 Å². The molecule has 3 aliphatic heterocycles. The molecule has 3 saturated heterocycles. The van der Waals surface area contributed by atoms with Gasteiger partial charge in [-0.15, -0.1) is 0 Å². The molecule has 11 heteroatoms. The van der Waals surface area contributed by atoms with E-state index in [2.05, 4.69) is 53.4 Å². The van der Waals surface area contributed by atoms with Crippen molar-refractivity contribution in [1.82, 2.24) is 0 Å². The number of alkyl halides is 1. The Hall–Kier alpha value is -2.90. The summed E-state index contributed by atoms with van der Waals surface area (Å²) < 4.78 is 18.1. The summed E-state index contributed by atoms with van der Waals surface area (Å²) in [5.41, 5.74) is 4.67. The molecule has 0 aliphatic carbocycles. The molecule has 3 N–H and O–H groups in total. The summed E-state index contributed by atoms with van der Waals surface area (Å²) in [6.45, 7) is -0.212. The van der Waals surface area contributed by atoms with Crippen molar-refractivity contribution in [2.24, 2.45) is 0 Å². The smallest absolute Gasteiger partial charge is 0.411 e. The van der Waals surface area contributed by atoms with E-state index in [0.717, 1.165) is 46.9 Å². The highest BCUT2D eigenvalue weighted by Gasteiger charge is 2.78. The van der Waals surface area contributed by atoms with Crippen molar-refractivity contribution in [3.05, 3.63) is 76.8 Å². The van der Waals surface area contributed by atoms with Crippen molar-refractivity contribution in [2.75, 3.05) is 31.8 Å². The number of benzene rings is 3. The van der Waals surface area contributed by atoms with E-state index in [1.165, 1.54) is 7.11 Å². The molecule has 0 spiro atoms. The summed E-state index contributed by atoms with van der Waals surface area (Å²) in [5.74, 6) is 0.309. The Kier molecular flexibility index (Phi) is 9.55. The monoisotopic (exact) mass is 760 g/mol. The number of aryl methyl sites for hydroxylation is 1. The lowest BCUT2D eigenvalue weighted by atomic mass is 9.96. The standard InChI is InChI=1S/C35H39ClIN3O6/c1-40(2)29-17-24(19-35(40,37)33-32(29)46-33)45-34(43)39-27-15-21(13-14-25(27)22-10-5-4-6-11-22)9-7-8-12-31(42)38-28-18-30(44-3)23(20-41)16-26(28)36/h4-6,10-11,13-16,18,24,29,32-33,41H,7-9,12,17,19-20H2,1-3H3,(H-,38,39,42,43)/p+1/t24-,29-,32-,33+,35-/m0/s1. The summed E-state index contributed by atoms with van der Waals surface area (Å²) in [6.07, 6.45) is 3.95. The van der Waals surface area contributed by atoms with E-state index in [1.807, 2.05) is 42.5 Å². The van der Waals surface area contributed by atoms with Crippen LogP contribution in [0.4, 0.5) is 16.2 Å². The number of quaternary nitrogens is 1. The number of likely N-dealkylation sites (N-methyl/N-ethyl adjacent to an activating group) is 1. The third kappa shape index (κ3) is 6.47. The Bertz CT molecular complexity index is 1620. The second-order valence-electron chi connectivity index (χ2n) is 12.8. The predicted molar refractivity (Wildman–Crippen MR) is 186 cm³/mol. The zero-order valence-corrected chi connectivity index (χ0v) is 29.1. The fourth-order valence-corrected chi connectivity index (χ4v) is 8.68. The van der Waals surface area contributed by atoms with E-state index >= 15 is 0 Å². The minimum absolute atomic E-state index is 0.0913. The lowest BCUT2D eigenvalue weighted by Gasteiger charge is -2.50. The first-order chi connectivity index (χ1) is 22.0. The molecule has 3 aromatic rings. The van der Waals surface area contributed by atoms with Crippen molar-refractivity contribution < 1.29 is 33.4 Å². The number of nitrogens with one attached hydrogen (secondary N) is 2. The van der Waals surface area contributed by atoms with Crippen LogP contribution < -0.4 is 15.4 Å². The van der Waals surface area contributed by atoms with Gasteiger partial charge in [0, 0.05) is 30.0 Å². The van der Waals surface area contributed by atoms with Gasteiger partial charge in [0.05, 0.1) is 50.6 Å². The molecule has 0 unspecified atom stereocenters. The SMILES string of the molecule is COc1cc(NC(=O)CCCCc2ccc(-c3ccccc3)c(NC(=O)O[C@H]3C[C@H]4[C@@H]5O[C@H]5[C@](I)(C3)[N+]4(C)C)c2)c(Cl)cc1CO. The van der Waals surface area contributed by atoms with E-state index in [9.17, 15) is 14.7 Å². The number of nitrogens with zero attached hydrogens (tertiary/aromatic N) is 1. The first kappa shape index (κ1) is 33.0. The second-order valence-corrected chi connectivity index (χ2v) is 15.1. The number of amides is 2. The Balaban J connectivity index is 1.07. The van der Waals surface area contributed by atoms with E-state index in [-0.39, 0.29) is 34.4 Å². The van der Waals surface area contributed by atoms with Crippen molar-refractivity contribution in [3.63, 3.8) is 0 Å². The van der Waals surface area contributed by atoms with Crippen LogP contribution in [-0.2, 0) is 27.3 Å². The normalized spacial score (nSPS) is 25.3. The Morgan fingerprint density at radius 2 is 1.87 bits per heavy atom. The number of methoxy groups -OCH3 is 1. The molecule has 6 rings (SSSR count). The number of epoxide rings is 1. The maximum absolute atomic E-state index is 13.3. The number of hydrogen-bond acceptors (Lipinski definition) is 6. The van der Waals surface area contributed by atoms with Gasteiger partial charge in [0.15, 0.2) is 9.65 Å².